The van der Waals surface area contributed by atoms with Crippen molar-refractivity contribution in [2.24, 2.45) is 0 Å². The number of H-pyrrole nitrogens is 1. The minimum atomic E-state index is -4.37. The molecule has 126 valence electrons. The highest BCUT2D eigenvalue weighted by Crippen LogP contribution is 2.31. The number of halogens is 3. The third kappa shape index (κ3) is 3.74. The highest BCUT2D eigenvalue weighted by Gasteiger charge is 2.34. The van der Waals surface area contributed by atoms with E-state index in [9.17, 15) is 13.2 Å². The molecule has 0 aromatic carbocycles. The van der Waals surface area contributed by atoms with Crippen LogP contribution in [-0.4, -0.2) is 37.7 Å². The van der Waals surface area contributed by atoms with Crippen molar-refractivity contribution in [2.75, 3.05) is 13.1 Å². The van der Waals surface area contributed by atoms with E-state index in [-0.39, 0.29) is 5.92 Å². The molecule has 5 nitrogen and oxygen atoms in total. The van der Waals surface area contributed by atoms with E-state index < -0.39 is 11.9 Å². The predicted octanol–water partition coefficient (Wildman–Crippen LogP) is 3.02. The fraction of sp³-hybridized carbons (Fsp3) is 0.600. The minimum Gasteiger partial charge on any atom is -0.338 e. The number of piperidine rings is 1. The summed E-state index contributed by atoms with van der Waals surface area (Å²) < 4.78 is 39.9. The van der Waals surface area contributed by atoms with Crippen LogP contribution in [0.25, 0.3) is 0 Å². The van der Waals surface area contributed by atoms with Gasteiger partial charge in [0.2, 0.25) is 0 Å². The lowest BCUT2D eigenvalue weighted by Gasteiger charge is -2.31. The second kappa shape index (κ2) is 6.35. The Balaban J connectivity index is 1.64. The van der Waals surface area contributed by atoms with Gasteiger partial charge in [-0.2, -0.15) is 18.3 Å². The van der Waals surface area contributed by atoms with Gasteiger partial charge in [0.1, 0.15) is 11.5 Å². The number of aromatic nitrogens is 4. The maximum Gasteiger partial charge on any atom is 0.432 e. The molecule has 1 saturated heterocycles. The number of aryl methyl sites for hydroxylation is 1. The third-order valence-electron chi connectivity index (χ3n) is 4.21. The fourth-order valence-corrected chi connectivity index (χ4v) is 3.03. The summed E-state index contributed by atoms with van der Waals surface area (Å²) in [6.45, 7) is 5.28. The molecule has 1 atom stereocenters. The van der Waals surface area contributed by atoms with Gasteiger partial charge in [0.15, 0.2) is 0 Å². The number of rotatable bonds is 4. The Bertz CT molecular complexity index is 646. The summed E-state index contributed by atoms with van der Waals surface area (Å²) in [7, 11) is 0. The van der Waals surface area contributed by atoms with Gasteiger partial charge in [-0.1, -0.05) is 0 Å². The topological polar surface area (TPSA) is 49.7 Å². The zero-order chi connectivity index (χ0) is 16.4. The lowest BCUT2D eigenvalue weighted by Crippen LogP contribution is -2.34. The molecule has 2 aromatic rings. The Morgan fingerprint density at radius 2 is 2.17 bits per heavy atom. The molecule has 0 bridgehead atoms. The van der Waals surface area contributed by atoms with Gasteiger partial charge in [0.05, 0.1) is 12.4 Å². The SMILES string of the molecule is CCn1cc(CN2CCC[C@H](c3ncc(C(F)(F)F)[nH]3)C2)cn1. The average molecular weight is 327 g/mol. The highest BCUT2D eigenvalue weighted by atomic mass is 19.4. The molecule has 8 heteroatoms. The van der Waals surface area contributed by atoms with Gasteiger partial charge in [-0.15, -0.1) is 0 Å². The number of likely N-dealkylation sites (tertiary alicyclic amines) is 1. The summed E-state index contributed by atoms with van der Waals surface area (Å²) >= 11 is 0. The van der Waals surface area contributed by atoms with E-state index in [1.165, 1.54) is 0 Å². The standard InChI is InChI=1S/C15H20F3N5/c1-2-23-9-11(6-20-23)8-22-5-3-4-12(10-22)14-19-7-13(21-14)15(16,17)18/h6-7,9,12H,2-5,8,10H2,1H3,(H,19,21)/t12-/m0/s1. The normalized spacial score (nSPS) is 20.1. The van der Waals surface area contributed by atoms with Gasteiger partial charge in [0.25, 0.3) is 0 Å². The molecule has 1 N–H and O–H groups in total. The van der Waals surface area contributed by atoms with Crippen LogP contribution in [0.2, 0.25) is 0 Å². The molecule has 0 spiro atoms. The van der Waals surface area contributed by atoms with Gasteiger partial charge in [0, 0.05) is 37.3 Å². The van der Waals surface area contributed by atoms with Crippen molar-refractivity contribution in [3.05, 3.63) is 35.7 Å². The van der Waals surface area contributed by atoms with E-state index in [0.717, 1.165) is 44.2 Å². The smallest absolute Gasteiger partial charge is 0.338 e. The van der Waals surface area contributed by atoms with Crippen LogP contribution in [-0.2, 0) is 19.3 Å². The lowest BCUT2D eigenvalue weighted by atomic mass is 9.97. The first kappa shape index (κ1) is 16.0. The number of imidazole rings is 1. The molecular formula is C15H20F3N5. The first-order valence-electron chi connectivity index (χ1n) is 7.81. The van der Waals surface area contributed by atoms with Crippen LogP contribution >= 0.6 is 0 Å². The summed E-state index contributed by atoms with van der Waals surface area (Å²) in [5.74, 6) is 0.451. The number of hydrogen-bond acceptors (Lipinski definition) is 3. The van der Waals surface area contributed by atoms with E-state index in [1.807, 2.05) is 24.0 Å². The van der Waals surface area contributed by atoms with Gasteiger partial charge in [-0.25, -0.2) is 4.98 Å². The van der Waals surface area contributed by atoms with Crippen LogP contribution in [0.3, 0.4) is 0 Å². The maximum absolute atomic E-state index is 12.7. The molecule has 1 aliphatic rings. The van der Waals surface area contributed by atoms with E-state index in [0.29, 0.717) is 12.4 Å². The number of alkyl halides is 3. The zero-order valence-electron chi connectivity index (χ0n) is 13.0. The summed E-state index contributed by atoms with van der Waals surface area (Å²) in [5.41, 5.74) is 0.358. The second-order valence-electron chi connectivity index (χ2n) is 5.96. The van der Waals surface area contributed by atoms with Crippen LogP contribution in [0.5, 0.6) is 0 Å². The minimum absolute atomic E-state index is 0.0149. The largest absolute Gasteiger partial charge is 0.432 e. The Morgan fingerprint density at radius 1 is 1.35 bits per heavy atom. The van der Waals surface area contributed by atoms with Crippen LogP contribution in [0.1, 0.15) is 42.8 Å². The molecule has 0 aliphatic carbocycles. The molecule has 23 heavy (non-hydrogen) atoms. The Labute approximate surface area is 132 Å². The summed E-state index contributed by atoms with van der Waals surface area (Å²) in [5, 5.41) is 4.25. The van der Waals surface area contributed by atoms with Crippen molar-refractivity contribution in [1.29, 1.82) is 0 Å². The van der Waals surface area contributed by atoms with Crippen molar-refractivity contribution < 1.29 is 13.2 Å². The van der Waals surface area contributed by atoms with Crippen LogP contribution in [0.4, 0.5) is 13.2 Å². The molecule has 2 aromatic heterocycles. The molecule has 1 fully saturated rings. The van der Waals surface area contributed by atoms with Gasteiger partial charge >= 0.3 is 6.18 Å². The number of hydrogen-bond donors (Lipinski definition) is 1. The summed E-state index contributed by atoms with van der Waals surface area (Å²) in [4.78, 5) is 8.64. The first-order valence-corrected chi connectivity index (χ1v) is 7.81. The monoisotopic (exact) mass is 327 g/mol. The Hall–Kier alpha value is -1.83. The molecule has 0 amide bonds. The molecule has 3 rings (SSSR count). The van der Waals surface area contributed by atoms with Gasteiger partial charge in [-0.05, 0) is 26.3 Å². The van der Waals surface area contributed by atoms with Gasteiger partial charge in [-0.3, -0.25) is 9.58 Å². The van der Waals surface area contributed by atoms with E-state index in [1.54, 1.807) is 0 Å². The fourth-order valence-electron chi connectivity index (χ4n) is 3.03. The molecule has 1 aliphatic heterocycles. The summed E-state index contributed by atoms with van der Waals surface area (Å²) in [6.07, 6.45) is 2.19. The highest BCUT2D eigenvalue weighted by molar-refractivity contribution is 5.10. The van der Waals surface area contributed by atoms with Gasteiger partial charge < -0.3 is 4.98 Å². The molecule has 3 heterocycles. The quantitative estimate of drug-likeness (QED) is 0.939. The number of aromatic amines is 1. The molecule has 0 saturated carbocycles. The average Bonchev–Trinajstić information content (AvgIpc) is 3.16. The maximum atomic E-state index is 12.7. The van der Waals surface area contributed by atoms with Crippen molar-refractivity contribution in [3.8, 4) is 0 Å². The third-order valence-corrected chi connectivity index (χ3v) is 4.21. The number of nitrogens with zero attached hydrogens (tertiary/aromatic N) is 4. The van der Waals surface area contributed by atoms with Crippen LogP contribution < -0.4 is 0 Å². The van der Waals surface area contributed by atoms with Crippen molar-refractivity contribution >= 4 is 0 Å². The van der Waals surface area contributed by atoms with E-state index >= 15 is 0 Å². The lowest BCUT2D eigenvalue weighted by molar-refractivity contribution is -0.141. The molecule has 0 radical (unpaired) electrons. The van der Waals surface area contributed by atoms with E-state index in [4.69, 9.17) is 0 Å². The Morgan fingerprint density at radius 3 is 2.83 bits per heavy atom. The van der Waals surface area contributed by atoms with Crippen LogP contribution in [0.15, 0.2) is 18.6 Å². The van der Waals surface area contributed by atoms with Crippen molar-refractivity contribution in [3.63, 3.8) is 0 Å². The number of nitrogens with one attached hydrogen (secondary N) is 1. The van der Waals surface area contributed by atoms with Crippen LogP contribution in [0, 0.1) is 0 Å². The van der Waals surface area contributed by atoms with Crippen molar-refractivity contribution in [1.82, 2.24) is 24.6 Å². The molecule has 0 unspecified atom stereocenters. The zero-order valence-corrected chi connectivity index (χ0v) is 13.0. The molecular weight excluding hydrogens is 307 g/mol. The predicted molar refractivity (Wildman–Crippen MR) is 78.7 cm³/mol. The first-order chi connectivity index (χ1) is 11.0. The van der Waals surface area contributed by atoms with Crippen molar-refractivity contribution in [2.45, 2.75) is 44.9 Å². The summed E-state index contributed by atoms with van der Waals surface area (Å²) in [6, 6.07) is 0. The second-order valence-corrected chi connectivity index (χ2v) is 5.96. The Kier molecular flexibility index (Phi) is 4.43. The van der Waals surface area contributed by atoms with E-state index in [2.05, 4.69) is 20.0 Å².